The number of Topliss-reactive ketones (excluding diaryl/α,β-unsaturated/α-hetero) is 1. The molecule has 0 saturated heterocycles. The van der Waals surface area contributed by atoms with Crippen molar-refractivity contribution in [3.8, 4) is 5.75 Å². The summed E-state index contributed by atoms with van der Waals surface area (Å²) in [5, 5.41) is 1.62. The third-order valence-corrected chi connectivity index (χ3v) is 2.79. The van der Waals surface area contributed by atoms with E-state index in [9.17, 15) is 18.0 Å². The molecule has 0 radical (unpaired) electrons. The minimum absolute atomic E-state index is 0.347. The van der Waals surface area contributed by atoms with Crippen LogP contribution in [-0.2, 0) is 11.2 Å². The van der Waals surface area contributed by atoms with Crippen molar-refractivity contribution in [1.29, 1.82) is 0 Å². The number of rotatable bonds is 3. The van der Waals surface area contributed by atoms with Gasteiger partial charge in [-0.15, -0.1) is 0 Å². The number of halogens is 3. The number of carbonyl (C=O) groups excluding carboxylic acids is 1. The Balaban J connectivity index is 2.30. The summed E-state index contributed by atoms with van der Waals surface area (Å²) in [4.78, 5) is 10.9. The van der Waals surface area contributed by atoms with Crippen LogP contribution in [0, 0.1) is 0 Å². The Bertz CT molecular complexity index is 618. The first kappa shape index (κ1) is 13.4. The van der Waals surface area contributed by atoms with Gasteiger partial charge in [0.1, 0.15) is 5.75 Å². The van der Waals surface area contributed by atoms with Gasteiger partial charge in [0.2, 0.25) is 5.78 Å². The van der Waals surface area contributed by atoms with Gasteiger partial charge in [-0.3, -0.25) is 4.79 Å². The molecule has 0 N–H and O–H groups in total. The molecule has 0 fully saturated rings. The second kappa shape index (κ2) is 4.91. The van der Waals surface area contributed by atoms with Crippen molar-refractivity contribution in [2.24, 2.45) is 0 Å². The van der Waals surface area contributed by atoms with Crippen LogP contribution in [0.15, 0.2) is 36.4 Å². The van der Waals surface area contributed by atoms with Crippen molar-refractivity contribution in [3.05, 3.63) is 42.0 Å². The molecule has 0 bridgehead atoms. The highest BCUT2D eigenvalue weighted by atomic mass is 19.4. The van der Waals surface area contributed by atoms with Crippen LogP contribution < -0.4 is 4.74 Å². The van der Waals surface area contributed by atoms with Crippen LogP contribution in [0.25, 0.3) is 10.8 Å². The first-order valence-electron chi connectivity index (χ1n) is 5.57. The Morgan fingerprint density at radius 3 is 2.37 bits per heavy atom. The third kappa shape index (κ3) is 3.05. The molecule has 0 amide bonds. The first-order chi connectivity index (χ1) is 8.90. The number of hydrogen-bond acceptors (Lipinski definition) is 2. The van der Waals surface area contributed by atoms with E-state index in [1.807, 2.05) is 0 Å². The van der Waals surface area contributed by atoms with Gasteiger partial charge in [0, 0.05) is 6.42 Å². The number of ether oxygens (including phenoxy) is 1. The topological polar surface area (TPSA) is 26.3 Å². The van der Waals surface area contributed by atoms with Crippen molar-refractivity contribution in [2.45, 2.75) is 12.6 Å². The molecule has 100 valence electrons. The fourth-order valence-electron chi connectivity index (χ4n) is 1.80. The zero-order chi connectivity index (χ0) is 14.0. The molecule has 0 aliphatic heterocycles. The van der Waals surface area contributed by atoms with E-state index < -0.39 is 18.4 Å². The second-order valence-electron chi connectivity index (χ2n) is 4.15. The minimum atomic E-state index is -4.78. The number of carbonyl (C=O) groups is 1. The van der Waals surface area contributed by atoms with Gasteiger partial charge in [0.05, 0.1) is 7.11 Å². The summed E-state index contributed by atoms with van der Waals surface area (Å²) in [6.07, 6.45) is -5.42. The molecule has 0 aliphatic carbocycles. The van der Waals surface area contributed by atoms with Crippen molar-refractivity contribution in [2.75, 3.05) is 7.11 Å². The van der Waals surface area contributed by atoms with Crippen LogP contribution in [0.2, 0.25) is 0 Å². The minimum Gasteiger partial charge on any atom is -0.497 e. The molecule has 0 spiro atoms. The van der Waals surface area contributed by atoms with E-state index in [2.05, 4.69) is 0 Å². The van der Waals surface area contributed by atoms with E-state index in [1.54, 1.807) is 30.3 Å². The van der Waals surface area contributed by atoms with Gasteiger partial charge in [0.15, 0.2) is 0 Å². The maximum atomic E-state index is 12.2. The fourth-order valence-corrected chi connectivity index (χ4v) is 1.80. The van der Waals surface area contributed by atoms with Crippen LogP contribution >= 0.6 is 0 Å². The van der Waals surface area contributed by atoms with Crippen LogP contribution in [0.1, 0.15) is 5.56 Å². The highest BCUT2D eigenvalue weighted by Crippen LogP contribution is 2.24. The molecule has 2 rings (SSSR count). The maximum Gasteiger partial charge on any atom is 0.450 e. The highest BCUT2D eigenvalue weighted by Gasteiger charge is 2.37. The summed E-state index contributed by atoms with van der Waals surface area (Å²) >= 11 is 0. The number of ketones is 1. The van der Waals surface area contributed by atoms with E-state index in [0.717, 1.165) is 10.8 Å². The highest BCUT2D eigenvalue weighted by molar-refractivity contribution is 5.89. The molecule has 0 atom stereocenters. The number of methoxy groups -OCH3 is 1. The number of benzene rings is 2. The Morgan fingerprint density at radius 1 is 1.11 bits per heavy atom. The zero-order valence-corrected chi connectivity index (χ0v) is 10.1. The largest absolute Gasteiger partial charge is 0.497 e. The lowest BCUT2D eigenvalue weighted by atomic mass is 10.0. The Labute approximate surface area is 107 Å². The lowest BCUT2D eigenvalue weighted by molar-refractivity contribution is -0.170. The van der Waals surface area contributed by atoms with Crippen LogP contribution in [0.3, 0.4) is 0 Å². The molecule has 2 aromatic rings. The van der Waals surface area contributed by atoms with Gasteiger partial charge in [0.25, 0.3) is 0 Å². The first-order valence-corrected chi connectivity index (χ1v) is 5.57. The van der Waals surface area contributed by atoms with E-state index in [4.69, 9.17) is 4.74 Å². The molecule has 0 aliphatic rings. The second-order valence-corrected chi connectivity index (χ2v) is 4.15. The summed E-state index contributed by atoms with van der Waals surface area (Å²) in [6, 6.07) is 10.0. The predicted molar refractivity (Wildman–Crippen MR) is 65.3 cm³/mol. The van der Waals surface area contributed by atoms with Gasteiger partial charge < -0.3 is 4.74 Å². The molecule has 2 nitrogen and oxygen atoms in total. The fraction of sp³-hybridized carbons (Fsp3) is 0.214. The van der Waals surface area contributed by atoms with Crippen molar-refractivity contribution >= 4 is 16.6 Å². The van der Waals surface area contributed by atoms with Gasteiger partial charge >= 0.3 is 6.18 Å². The Hall–Kier alpha value is -2.04. The normalized spacial score (nSPS) is 11.6. The van der Waals surface area contributed by atoms with Crippen molar-refractivity contribution < 1.29 is 22.7 Å². The molecular formula is C14H11F3O2. The van der Waals surface area contributed by atoms with Gasteiger partial charge in [-0.05, 0) is 28.5 Å². The van der Waals surface area contributed by atoms with Crippen molar-refractivity contribution in [3.63, 3.8) is 0 Å². The number of alkyl halides is 3. The number of hydrogen-bond donors (Lipinski definition) is 0. The van der Waals surface area contributed by atoms with Gasteiger partial charge in [-0.1, -0.05) is 24.3 Å². The molecule has 0 saturated carbocycles. The molecule has 5 heteroatoms. The quantitative estimate of drug-likeness (QED) is 0.851. The lowest BCUT2D eigenvalue weighted by Crippen LogP contribution is -2.24. The van der Waals surface area contributed by atoms with E-state index in [0.29, 0.717) is 11.3 Å². The third-order valence-electron chi connectivity index (χ3n) is 2.79. The zero-order valence-electron chi connectivity index (χ0n) is 10.1. The van der Waals surface area contributed by atoms with Crippen LogP contribution in [0.4, 0.5) is 13.2 Å². The Kier molecular flexibility index (Phi) is 3.46. The molecule has 0 aromatic heterocycles. The summed E-state index contributed by atoms with van der Waals surface area (Å²) < 4.78 is 41.6. The van der Waals surface area contributed by atoms with Crippen molar-refractivity contribution in [1.82, 2.24) is 0 Å². The van der Waals surface area contributed by atoms with Crippen LogP contribution in [-0.4, -0.2) is 19.1 Å². The smallest absolute Gasteiger partial charge is 0.450 e. The molecule has 2 aromatic carbocycles. The lowest BCUT2D eigenvalue weighted by Gasteiger charge is -2.07. The maximum absolute atomic E-state index is 12.2. The van der Waals surface area contributed by atoms with E-state index >= 15 is 0 Å². The number of fused-ring (bicyclic) bond motifs is 1. The summed E-state index contributed by atoms with van der Waals surface area (Å²) in [5.74, 6) is -1.06. The standard InChI is InChI=1S/C14H11F3O2/c1-19-12-5-4-10-6-9(2-3-11(10)8-12)7-13(18)14(15,16)17/h2-6,8H,7H2,1H3. The van der Waals surface area contributed by atoms with Gasteiger partial charge in [-0.2, -0.15) is 13.2 Å². The predicted octanol–water partition coefficient (Wildman–Crippen LogP) is 3.52. The van der Waals surface area contributed by atoms with E-state index in [-0.39, 0.29) is 0 Å². The molecule has 0 unspecified atom stereocenters. The van der Waals surface area contributed by atoms with Gasteiger partial charge in [-0.25, -0.2) is 0 Å². The average molecular weight is 268 g/mol. The monoisotopic (exact) mass is 268 g/mol. The van der Waals surface area contributed by atoms with Crippen LogP contribution in [0.5, 0.6) is 5.75 Å². The molecule has 0 heterocycles. The summed E-state index contributed by atoms with van der Waals surface area (Å²) in [6.45, 7) is 0. The SMILES string of the molecule is COc1ccc2cc(CC(=O)C(F)(F)F)ccc2c1. The summed E-state index contributed by atoms with van der Waals surface area (Å²) in [7, 11) is 1.54. The Morgan fingerprint density at radius 2 is 1.74 bits per heavy atom. The summed E-state index contributed by atoms with van der Waals surface area (Å²) in [5.41, 5.74) is 0.347. The molecular weight excluding hydrogens is 257 g/mol. The average Bonchev–Trinajstić information content (AvgIpc) is 2.37. The molecule has 19 heavy (non-hydrogen) atoms. The van der Waals surface area contributed by atoms with E-state index in [1.165, 1.54) is 13.2 Å².